The summed E-state index contributed by atoms with van der Waals surface area (Å²) in [7, 11) is 1.45. The number of amides is 2. The van der Waals surface area contributed by atoms with E-state index in [0.29, 0.717) is 35.3 Å². The van der Waals surface area contributed by atoms with Crippen molar-refractivity contribution in [2.45, 2.75) is 37.0 Å². The largest absolute Gasteiger partial charge is 0.493 e. The predicted molar refractivity (Wildman–Crippen MR) is 167 cm³/mol. The molecule has 0 fully saturated rings. The van der Waals surface area contributed by atoms with E-state index in [9.17, 15) is 24.6 Å². The monoisotopic (exact) mass is 609 g/mol. The Kier molecular flexibility index (Phi) is 8.68. The maximum absolute atomic E-state index is 14.0. The molecule has 1 aliphatic carbocycles. The van der Waals surface area contributed by atoms with Crippen LogP contribution < -0.4 is 14.8 Å². The molecule has 2 amide bonds. The van der Waals surface area contributed by atoms with E-state index in [1.165, 1.54) is 13.2 Å². The molecule has 3 aromatic carbocycles. The molecule has 45 heavy (non-hydrogen) atoms. The second-order valence-electron chi connectivity index (χ2n) is 11.3. The Morgan fingerprint density at radius 3 is 2.60 bits per heavy atom. The average molecular weight is 610 g/mol. The highest BCUT2D eigenvalue weighted by Gasteiger charge is 2.51. The van der Waals surface area contributed by atoms with E-state index in [-0.39, 0.29) is 37.6 Å². The first-order valence-corrected chi connectivity index (χ1v) is 14.9. The first-order valence-electron chi connectivity index (χ1n) is 14.9. The Balaban J connectivity index is 1.40. The van der Waals surface area contributed by atoms with Gasteiger partial charge in [0.1, 0.15) is 18.5 Å². The average Bonchev–Trinajstić information content (AvgIpc) is 3.66. The fourth-order valence-corrected chi connectivity index (χ4v) is 6.38. The second-order valence-corrected chi connectivity index (χ2v) is 11.3. The van der Waals surface area contributed by atoms with Crippen LogP contribution in [0.5, 0.6) is 11.5 Å². The molecule has 4 N–H and O–H groups in total. The summed E-state index contributed by atoms with van der Waals surface area (Å²) in [5.74, 6) is -0.785. The van der Waals surface area contributed by atoms with E-state index in [1.54, 1.807) is 17.0 Å². The van der Waals surface area contributed by atoms with Crippen LogP contribution in [-0.2, 0) is 22.4 Å². The molecule has 0 bridgehead atoms. The van der Waals surface area contributed by atoms with E-state index < -0.39 is 30.1 Å². The molecule has 6 rings (SSSR count). The summed E-state index contributed by atoms with van der Waals surface area (Å²) >= 11 is 0. The molecule has 1 aliphatic heterocycles. The van der Waals surface area contributed by atoms with Crippen molar-refractivity contribution in [1.82, 2.24) is 15.2 Å². The number of hydrogen-bond donors (Lipinski definition) is 4. The summed E-state index contributed by atoms with van der Waals surface area (Å²) < 4.78 is 11.8. The van der Waals surface area contributed by atoms with Gasteiger partial charge in [-0.2, -0.15) is 0 Å². The Morgan fingerprint density at radius 1 is 1.09 bits per heavy atom. The van der Waals surface area contributed by atoms with Gasteiger partial charge in [0.05, 0.1) is 32.1 Å². The first kappa shape index (κ1) is 30.1. The summed E-state index contributed by atoms with van der Waals surface area (Å²) in [5, 5.41) is 25.1. The third-order valence-electron chi connectivity index (χ3n) is 8.50. The van der Waals surface area contributed by atoms with E-state index in [4.69, 9.17) is 9.47 Å². The molecule has 232 valence electrons. The number of fused-ring (bicyclic) bond motifs is 4. The molecule has 4 atom stereocenters. The van der Waals surface area contributed by atoms with Crippen LogP contribution in [0.4, 0.5) is 0 Å². The highest BCUT2D eigenvalue weighted by Crippen LogP contribution is 2.51. The number of benzene rings is 3. The number of aromatic nitrogens is 1. The van der Waals surface area contributed by atoms with Crippen LogP contribution in [0.25, 0.3) is 10.9 Å². The van der Waals surface area contributed by atoms with Crippen molar-refractivity contribution < 1.29 is 34.1 Å². The van der Waals surface area contributed by atoms with Gasteiger partial charge in [-0.1, -0.05) is 48.5 Å². The number of ether oxygens (including phenoxy) is 2. The lowest BCUT2D eigenvalue weighted by molar-refractivity contribution is -0.136. The zero-order chi connectivity index (χ0) is 31.5. The molecule has 1 aromatic heterocycles. The number of aromatic amines is 1. The molecule has 4 unspecified atom stereocenters. The van der Waals surface area contributed by atoms with E-state index in [1.807, 2.05) is 60.7 Å². The predicted octanol–water partition coefficient (Wildman–Crippen LogP) is 2.93. The van der Waals surface area contributed by atoms with Gasteiger partial charge in [-0.05, 0) is 41.3 Å². The van der Waals surface area contributed by atoms with Gasteiger partial charge in [-0.25, -0.2) is 0 Å². The minimum absolute atomic E-state index is 0.0171. The van der Waals surface area contributed by atoms with E-state index in [2.05, 4.69) is 10.3 Å². The van der Waals surface area contributed by atoms with Gasteiger partial charge in [-0.15, -0.1) is 0 Å². The number of rotatable bonds is 11. The summed E-state index contributed by atoms with van der Waals surface area (Å²) in [5.41, 5.74) is 3.87. The van der Waals surface area contributed by atoms with Crippen LogP contribution in [0.3, 0.4) is 0 Å². The molecule has 10 heteroatoms. The number of aliphatic hydroxyl groups is 2. The van der Waals surface area contributed by atoms with Gasteiger partial charge in [0, 0.05) is 47.4 Å². The first-order chi connectivity index (χ1) is 21.9. The van der Waals surface area contributed by atoms with Crippen LogP contribution >= 0.6 is 0 Å². The molecule has 0 radical (unpaired) electrons. The van der Waals surface area contributed by atoms with Crippen molar-refractivity contribution in [3.8, 4) is 11.5 Å². The van der Waals surface area contributed by atoms with Crippen molar-refractivity contribution >= 4 is 29.0 Å². The lowest BCUT2D eigenvalue weighted by atomic mass is 9.77. The number of carbonyl (C=O) groups excluding carboxylic acids is 3. The van der Waals surface area contributed by atoms with Crippen molar-refractivity contribution in [3.63, 3.8) is 0 Å². The highest BCUT2D eigenvalue weighted by molar-refractivity contribution is 5.96. The molecule has 4 aromatic rings. The topological polar surface area (TPSA) is 141 Å². The van der Waals surface area contributed by atoms with Crippen LogP contribution in [0.2, 0.25) is 0 Å². The molecular weight excluding hydrogens is 574 g/mol. The summed E-state index contributed by atoms with van der Waals surface area (Å²) in [6, 6.07) is 21.6. The summed E-state index contributed by atoms with van der Waals surface area (Å²) in [4.78, 5) is 44.4. The van der Waals surface area contributed by atoms with Crippen LogP contribution in [-0.4, -0.2) is 83.3 Å². The lowest BCUT2D eigenvalue weighted by Crippen LogP contribution is -2.56. The maximum Gasteiger partial charge on any atom is 0.247 e. The molecule has 0 saturated carbocycles. The molecule has 0 spiro atoms. The number of aldehydes is 1. The quantitative estimate of drug-likeness (QED) is 0.192. The maximum atomic E-state index is 14.0. The van der Waals surface area contributed by atoms with Crippen molar-refractivity contribution in [2.24, 2.45) is 0 Å². The molecule has 0 saturated heterocycles. The number of nitrogens with zero attached hydrogens (tertiary/aromatic N) is 1. The number of methoxy groups -OCH3 is 1. The Morgan fingerprint density at radius 2 is 1.87 bits per heavy atom. The Bertz CT molecular complexity index is 1720. The van der Waals surface area contributed by atoms with Crippen LogP contribution in [0.1, 0.15) is 33.1 Å². The van der Waals surface area contributed by atoms with E-state index >= 15 is 0 Å². The number of para-hydroxylation sites is 1. The van der Waals surface area contributed by atoms with Crippen LogP contribution in [0, 0.1) is 0 Å². The molecular formula is C35H35N3O7. The minimum Gasteiger partial charge on any atom is -0.493 e. The standard InChI is InChI=1S/C35H35N3O7/c1-44-29-16-22(20-40)15-25-31-26(35(43)36-12-14-39)19-28(32(42)34(31)45-33(25)29)38(30(41)17-21-7-3-2-4-8-21)13-11-24-18-23-9-5-6-10-27(23)37-24/h2-10,15-16,18-20,28,31-32,34,37,39,42H,11-14,17H2,1H3,(H,36,43). The van der Waals surface area contributed by atoms with Crippen molar-refractivity contribution in [3.05, 3.63) is 107 Å². The third-order valence-corrected chi connectivity index (χ3v) is 8.50. The summed E-state index contributed by atoms with van der Waals surface area (Å²) in [6.45, 7) is 0.00991. The Labute approximate surface area is 260 Å². The fourth-order valence-electron chi connectivity index (χ4n) is 6.38. The van der Waals surface area contributed by atoms with Crippen molar-refractivity contribution in [1.29, 1.82) is 0 Å². The number of H-pyrrole nitrogens is 1. The van der Waals surface area contributed by atoms with Crippen molar-refractivity contribution in [2.75, 3.05) is 26.8 Å². The number of hydrogen-bond acceptors (Lipinski definition) is 7. The molecule has 2 heterocycles. The van der Waals surface area contributed by atoms with Gasteiger partial charge in [-0.3, -0.25) is 14.4 Å². The highest BCUT2D eigenvalue weighted by atomic mass is 16.5. The lowest BCUT2D eigenvalue weighted by Gasteiger charge is -2.40. The fraction of sp³-hybridized carbons (Fsp3) is 0.286. The molecule has 2 aliphatic rings. The van der Waals surface area contributed by atoms with Crippen LogP contribution in [0.15, 0.2) is 84.4 Å². The number of aliphatic hydroxyl groups excluding tert-OH is 2. The van der Waals surface area contributed by atoms with Gasteiger partial charge in [0.2, 0.25) is 11.8 Å². The third kappa shape index (κ3) is 5.94. The SMILES string of the molecule is COc1cc(C=O)cc2c1OC1C2C(C(=O)NCCO)=CC(N(CCc2cc3ccccc3[nH]2)C(=O)Cc2ccccc2)C1O. The zero-order valence-corrected chi connectivity index (χ0v) is 24.8. The van der Waals surface area contributed by atoms with Gasteiger partial charge in [0.25, 0.3) is 0 Å². The smallest absolute Gasteiger partial charge is 0.247 e. The van der Waals surface area contributed by atoms with E-state index in [0.717, 1.165) is 22.2 Å². The number of carbonyl (C=O) groups is 3. The normalized spacial score (nSPS) is 20.0. The zero-order valence-electron chi connectivity index (χ0n) is 24.8. The van der Waals surface area contributed by atoms with Gasteiger partial charge < -0.3 is 34.9 Å². The second kappa shape index (κ2) is 13.0. The minimum atomic E-state index is -1.22. The van der Waals surface area contributed by atoms with Gasteiger partial charge in [0.15, 0.2) is 11.5 Å². The summed E-state index contributed by atoms with van der Waals surface area (Å²) in [6.07, 6.45) is 0.725. The number of nitrogens with one attached hydrogen (secondary N) is 2. The Hall–Kier alpha value is -4.93. The van der Waals surface area contributed by atoms with Gasteiger partial charge >= 0.3 is 0 Å². The molecule has 10 nitrogen and oxygen atoms in total.